The van der Waals surface area contributed by atoms with Crippen LogP contribution in [0.3, 0.4) is 0 Å². The van der Waals surface area contributed by atoms with E-state index in [1.54, 1.807) is 0 Å². The molecule has 2 aliphatic rings. The Morgan fingerprint density at radius 1 is 1.32 bits per heavy atom. The van der Waals surface area contributed by atoms with Crippen molar-refractivity contribution in [2.24, 2.45) is 11.3 Å². The van der Waals surface area contributed by atoms with Gasteiger partial charge in [-0.25, -0.2) is 0 Å². The zero-order valence-electron chi connectivity index (χ0n) is 14.7. The van der Waals surface area contributed by atoms with Crippen molar-refractivity contribution in [1.29, 1.82) is 5.26 Å². The summed E-state index contributed by atoms with van der Waals surface area (Å²) in [4.78, 5) is 15.0. The summed E-state index contributed by atoms with van der Waals surface area (Å²) in [6.45, 7) is 4.84. The minimum atomic E-state index is -0.885. The molecule has 0 aliphatic carbocycles. The molecule has 0 aromatic heterocycles. The summed E-state index contributed by atoms with van der Waals surface area (Å²) in [6.07, 6.45) is 3.18. The molecule has 1 aromatic rings. The Labute approximate surface area is 150 Å². The first-order valence-electron chi connectivity index (χ1n) is 9.25. The smallest absolute Gasteiger partial charge is 0.240 e. The van der Waals surface area contributed by atoms with Crippen molar-refractivity contribution < 1.29 is 9.53 Å². The van der Waals surface area contributed by atoms with Gasteiger partial charge in [0.1, 0.15) is 5.41 Å². The third-order valence-corrected chi connectivity index (χ3v) is 5.48. The Hall–Kier alpha value is -1.90. The average molecular weight is 341 g/mol. The van der Waals surface area contributed by atoms with E-state index in [1.165, 1.54) is 5.56 Å². The second-order valence-electron chi connectivity index (χ2n) is 7.21. The number of nitrogens with zero attached hydrogens (tertiary/aromatic N) is 2. The minimum absolute atomic E-state index is 0.110. The van der Waals surface area contributed by atoms with Gasteiger partial charge in [0.05, 0.1) is 6.07 Å². The van der Waals surface area contributed by atoms with E-state index in [4.69, 9.17) is 4.74 Å². The molecule has 0 spiro atoms. The maximum Gasteiger partial charge on any atom is 0.240 e. The lowest BCUT2D eigenvalue weighted by molar-refractivity contribution is -0.132. The number of hydrogen-bond donors (Lipinski definition) is 1. The third kappa shape index (κ3) is 4.59. The van der Waals surface area contributed by atoms with Crippen LogP contribution < -0.4 is 5.32 Å². The molecule has 2 aliphatic heterocycles. The van der Waals surface area contributed by atoms with E-state index in [0.29, 0.717) is 38.5 Å². The van der Waals surface area contributed by atoms with Crippen molar-refractivity contribution in [3.63, 3.8) is 0 Å². The summed E-state index contributed by atoms with van der Waals surface area (Å²) >= 11 is 0. The largest absolute Gasteiger partial charge is 0.381 e. The molecule has 0 saturated carbocycles. The summed E-state index contributed by atoms with van der Waals surface area (Å²) in [5.74, 6) is 0.372. The molecule has 1 amide bonds. The van der Waals surface area contributed by atoms with Crippen molar-refractivity contribution in [2.75, 3.05) is 39.4 Å². The molecule has 25 heavy (non-hydrogen) atoms. The Morgan fingerprint density at radius 3 is 2.80 bits per heavy atom. The van der Waals surface area contributed by atoms with Gasteiger partial charge in [-0.05, 0) is 43.7 Å². The molecule has 1 atom stereocenters. The lowest BCUT2D eigenvalue weighted by atomic mass is 9.81. The van der Waals surface area contributed by atoms with E-state index in [1.807, 2.05) is 6.07 Å². The van der Waals surface area contributed by atoms with E-state index in [-0.39, 0.29) is 5.91 Å². The number of carbonyl (C=O) groups excluding carboxylic acids is 1. The highest BCUT2D eigenvalue weighted by Gasteiger charge is 2.40. The minimum Gasteiger partial charge on any atom is -0.381 e. The maximum absolute atomic E-state index is 12.5. The number of nitriles is 1. The SMILES string of the molecule is N#CC1(C(=O)NC[C@H]2CCN(CCc3ccccc3)C2)CCOCC1. The summed E-state index contributed by atoms with van der Waals surface area (Å²) in [5.41, 5.74) is 0.485. The highest BCUT2D eigenvalue weighted by atomic mass is 16.5. The van der Waals surface area contributed by atoms with Crippen molar-refractivity contribution in [2.45, 2.75) is 25.7 Å². The van der Waals surface area contributed by atoms with Gasteiger partial charge in [0.2, 0.25) is 5.91 Å². The van der Waals surface area contributed by atoms with Crippen LogP contribution in [0.2, 0.25) is 0 Å². The van der Waals surface area contributed by atoms with Gasteiger partial charge < -0.3 is 15.0 Å². The van der Waals surface area contributed by atoms with Crippen LogP contribution in [0.25, 0.3) is 0 Å². The van der Waals surface area contributed by atoms with Crippen LogP contribution in [0.1, 0.15) is 24.8 Å². The van der Waals surface area contributed by atoms with Gasteiger partial charge in [-0.1, -0.05) is 30.3 Å². The highest BCUT2D eigenvalue weighted by Crippen LogP contribution is 2.30. The molecule has 1 aromatic carbocycles. The van der Waals surface area contributed by atoms with Crippen molar-refractivity contribution in [3.8, 4) is 6.07 Å². The molecular formula is C20H27N3O2. The number of hydrogen-bond acceptors (Lipinski definition) is 4. The van der Waals surface area contributed by atoms with Crippen molar-refractivity contribution >= 4 is 5.91 Å². The quantitative estimate of drug-likeness (QED) is 0.859. The van der Waals surface area contributed by atoms with Gasteiger partial charge in [-0.3, -0.25) is 4.79 Å². The molecule has 134 valence electrons. The first-order chi connectivity index (χ1) is 12.2. The van der Waals surface area contributed by atoms with Gasteiger partial charge in [-0.2, -0.15) is 5.26 Å². The molecule has 2 fully saturated rings. The van der Waals surface area contributed by atoms with Crippen molar-refractivity contribution in [3.05, 3.63) is 35.9 Å². The van der Waals surface area contributed by atoms with E-state index in [9.17, 15) is 10.1 Å². The standard InChI is InChI=1S/C20H27N3O2/c21-16-20(8-12-25-13-9-20)19(24)22-14-18-7-11-23(15-18)10-6-17-4-2-1-3-5-17/h1-5,18H,6-15H2,(H,22,24)/t18-/m1/s1. The van der Waals surface area contributed by atoms with E-state index < -0.39 is 5.41 Å². The lowest BCUT2D eigenvalue weighted by Crippen LogP contribution is -2.45. The second kappa shape index (κ2) is 8.46. The Balaban J connectivity index is 1.41. The van der Waals surface area contributed by atoms with E-state index in [2.05, 4.69) is 40.6 Å². The molecule has 5 nitrogen and oxygen atoms in total. The highest BCUT2D eigenvalue weighted by molar-refractivity contribution is 5.85. The monoisotopic (exact) mass is 341 g/mol. The maximum atomic E-state index is 12.5. The number of nitrogens with one attached hydrogen (secondary N) is 1. The number of rotatable bonds is 6. The number of ether oxygens (including phenoxy) is 1. The zero-order valence-corrected chi connectivity index (χ0v) is 14.7. The molecule has 0 radical (unpaired) electrons. The van der Waals surface area contributed by atoms with E-state index in [0.717, 1.165) is 32.5 Å². The van der Waals surface area contributed by atoms with E-state index >= 15 is 0 Å². The fraction of sp³-hybridized carbons (Fsp3) is 0.600. The predicted octanol–water partition coefficient (Wildman–Crippen LogP) is 1.99. The fourth-order valence-corrected chi connectivity index (χ4v) is 3.73. The van der Waals surface area contributed by atoms with Gasteiger partial charge in [-0.15, -0.1) is 0 Å². The van der Waals surface area contributed by atoms with Crippen molar-refractivity contribution in [1.82, 2.24) is 10.2 Å². The van der Waals surface area contributed by atoms with Gasteiger partial charge in [0, 0.05) is 32.8 Å². The molecule has 2 heterocycles. The van der Waals surface area contributed by atoms with Crippen LogP contribution >= 0.6 is 0 Å². The van der Waals surface area contributed by atoms with Crippen LogP contribution in [0.4, 0.5) is 0 Å². The second-order valence-corrected chi connectivity index (χ2v) is 7.21. The third-order valence-electron chi connectivity index (χ3n) is 5.48. The Morgan fingerprint density at radius 2 is 2.08 bits per heavy atom. The van der Waals surface area contributed by atoms with Gasteiger partial charge >= 0.3 is 0 Å². The van der Waals surface area contributed by atoms with Crippen LogP contribution in [0.5, 0.6) is 0 Å². The fourth-order valence-electron chi connectivity index (χ4n) is 3.73. The van der Waals surface area contributed by atoms with Crippen LogP contribution in [-0.4, -0.2) is 50.2 Å². The predicted molar refractivity (Wildman–Crippen MR) is 95.8 cm³/mol. The number of likely N-dealkylation sites (tertiary alicyclic amines) is 1. The molecule has 0 bridgehead atoms. The Bertz CT molecular complexity index is 605. The first-order valence-corrected chi connectivity index (χ1v) is 9.25. The first kappa shape index (κ1) is 17.9. The summed E-state index contributed by atoms with van der Waals surface area (Å²) in [5, 5.41) is 12.5. The number of amides is 1. The topological polar surface area (TPSA) is 65.4 Å². The van der Waals surface area contributed by atoms with Gasteiger partial charge in [0.25, 0.3) is 0 Å². The summed E-state index contributed by atoms with van der Waals surface area (Å²) in [6, 6.07) is 12.8. The number of carbonyl (C=O) groups is 1. The Kier molecular flexibility index (Phi) is 6.06. The van der Waals surface area contributed by atoms with Crippen LogP contribution in [0, 0.1) is 22.7 Å². The van der Waals surface area contributed by atoms with Gasteiger partial charge in [0.15, 0.2) is 0 Å². The molecule has 5 heteroatoms. The average Bonchev–Trinajstić information content (AvgIpc) is 3.13. The lowest BCUT2D eigenvalue weighted by Gasteiger charge is -2.29. The molecular weight excluding hydrogens is 314 g/mol. The zero-order chi connectivity index (χ0) is 17.5. The molecule has 3 rings (SSSR count). The van der Waals surface area contributed by atoms with Crippen LogP contribution in [0.15, 0.2) is 30.3 Å². The molecule has 1 N–H and O–H groups in total. The summed E-state index contributed by atoms with van der Waals surface area (Å²) < 4.78 is 5.29. The van der Waals surface area contributed by atoms with Crippen LogP contribution in [-0.2, 0) is 16.0 Å². The summed E-state index contributed by atoms with van der Waals surface area (Å²) in [7, 11) is 0. The molecule has 2 saturated heterocycles. The normalized spacial score (nSPS) is 23.1. The number of benzene rings is 1. The molecule has 0 unspecified atom stereocenters.